The number of aryl methyl sites for hydroxylation is 1. The maximum Gasteiger partial charge on any atom is 0.270 e. The molecule has 1 heterocycles. The van der Waals surface area contributed by atoms with Crippen molar-refractivity contribution in [2.45, 2.75) is 19.9 Å². The van der Waals surface area contributed by atoms with Gasteiger partial charge in [-0.15, -0.1) is 0 Å². The Labute approximate surface area is 171 Å². The molecule has 0 spiro atoms. The lowest BCUT2D eigenvalue weighted by Gasteiger charge is -2.10. The van der Waals surface area contributed by atoms with Crippen molar-refractivity contribution in [2.75, 3.05) is 12.4 Å². The molecule has 6 nitrogen and oxygen atoms in total. The second kappa shape index (κ2) is 8.84. The first kappa shape index (κ1) is 19.8. The van der Waals surface area contributed by atoms with Crippen LogP contribution in [0.4, 0.5) is 5.69 Å². The summed E-state index contributed by atoms with van der Waals surface area (Å²) < 4.78 is 7.29. The minimum atomic E-state index is -0.307. The van der Waals surface area contributed by atoms with Crippen LogP contribution in [-0.4, -0.2) is 22.8 Å². The first-order chi connectivity index (χ1) is 13.4. The Kier molecular flexibility index (Phi) is 6.26. The molecule has 0 aliphatic heterocycles. The lowest BCUT2D eigenvalue weighted by atomic mass is 10.1. The number of amides is 1. The molecule has 0 radical (unpaired) electrons. The molecule has 1 aromatic heterocycles. The fourth-order valence-electron chi connectivity index (χ4n) is 2.81. The quantitative estimate of drug-likeness (QED) is 0.634. The van der Waals surface area contributed by atoms with Crippen molar-refractivity contribution in [3.05, 3.63) is 86.2 Å². The molecule has 3 rings (SSSR count). The highest BCUT2D eigenvalue weighted by Crippen LogP contribution is 2.15. The number of rotatable bonds is 6. The molecule has 0 fully saturated rings. The van der Waals surface area contributed by atoms with E-state index in [0.717, 1.165) is 15.8 Å². The minimum absolute atomic E-state index is 0.147. The first-order valence-corrected chi connectivity index (χ1v) is 9.50. The van der Waals surface area contributed by atoms with Gasteiger partial charge in [0.25, 0.3) is 5.56 Å². The van der Waals surface area contributed by atoms with Crippen molar-refractivity contribution in [3.63, 3.8) is 0 Å². The summed E-state index contributed by atoms with van der Waals surface area (Å²) in [4.78, 5) is 25.1. The largest absolute Gasteiger partial charge is 0.497 e. The van der Waals surface area contributed by atoms with Gasteiger partial charge in [-0.1, -0.05) is 28.1 Å². The summed E-state index contributed by atoms with van der Waals surface area (Å²) in [5, 5.41) is 6.99. The van der Waals surface area contributed by atoms with E-state index in [9.17, 15) is 9.59 Å². The van der Waals surface area contributed by atoms with Gasteiger partial charge in [0.2, 0.25) is 5.91 Å². The molecule has 0 saturated heterocycles. The smallest absolute Gasteiger partial charge is 0.270 e. The van der Waals surface area contributed by atoms with E-state index in [1.807, 2.05) is 36.4 Å². The molecule has 144 valence electrons. The average Bonchev–Trinajstić information content (AvgIpc) is 2.68. The van der Waals surface area contributed by atoms with Crippen LogP contribution < -0.4 is 15.6 Å². The summed E-state index contributed by atoms with van der Waals surface area (Å²) in [7, 11) is 1.61. The highest BCUT2D eigenvalue weighted by Gasteiger charge is 2.11. The van der Waals surface area contributed by atoms with Gasteiger partial charge in [-0.3, -0.25) is 9.59 Å². The third kappa shape index (κ3) is 5.07. The highest BCUT2D eigenvalue weighted by atomic mass is 79.9. The zero-order valence-corrected chi connectivity index (χ0v) is 17.2. The number of halogens is 1. The SMILES string of the molecule is COc1ccc(Cc2cc(C)nn(CC(=O)Nc3ccc(Br)cc3)c2=O)cc1. The number of nitrogens with zero attached hydrogens (tertiary/aromatic N) is 2. The van der Waals surface area contributed by atoms with Crippen LogP contribution in [0.25, 0.3) is 0 Å². The Morgan fingerprint density at radius 3 is 2.46 bits per heavy atom. The maximum absolute atomic E-state index is 12.8. The number of anilines is 1. The Bertz CT molecular complexity index is 1030. The van der Waals surface area contributed by atoms with Gasteiger partial charge in [-0.25, -0.2) is 4.68 Å². The van der Waals surface area contributed by atoms with Crippen LogP contribution in [-0.2, 0) is 17.8 Å². The summed E-state index contributed by atoms with van der Waals surface area (Å²) in [6.07, 6.45) is 0.459. The zero-order valence-electron chi connectivity index (χ0n) is 15.6. The van der Waals surface area contributed by atoms with Crippen molar-refractivity contribution in [1.82, 2.24) is 9.78 Å². The molecule has 7 heteroatoms. The van der Waals surface area contributed by atoms with E-state index < -0.39 is 0 Å². The van der Waals surface area contributed by atoms with Crippen molar-refractivity contribution in [3.8, 4) is 5.75 Å². The lowest BCUT2D eigenvalue weighted by Crippen LogP contribution is -2.32. The van der Waals surface area contributed by atoms with Gasteiger partial charge in [-0.05, 0) is 55.0 Å². The predicted molar refractivity (Wildman–Crippen MR) is 112 cm³/mol. The highest BCUT2D eigenvalue weighted by molar-refractivity contribution is 9.10. The third-order valence-corrected chi connectivity index (χ3v) is 4.67. The Hall–Kier alpha value is -2.93. The summed E-state index contributed by atoms with van der Waals surface area (Å²) >= 11 is 3.35. The zero-order chi connectivity index (χ0) is 20.1. The van der Waals surface area contributed by atoms with Gasteiger partial charge in [0.1, 0.15) is 12.3 Å². The van der Waals surface area contributed by atoms with Crippen LogP contribution in [0.5, 0.6) is 5.75 Å². The van der Waals surface area contributed by atoms with Gasteiger partial charge in [-0.2, -0.15) is 5.10 Å². The Morgan fingerprint density at radius 2 is 1.82 bits per heavy atom. The van der Waals surface area contributed by atoms with Gasteiger partial charge in [0, 0.05) is 22.1 Å². The summed E-state index contributed by atoms with van der Waals surface area (Å²) in [5.74, 6) is 0.453. The summed E-state index contributed by atoms with van der Waals surface area (Å²) in [6.45, 7) is 1.66. The van der Waals surface area contributed by atoms with Crippen molar-refractivity contribution < 1.29 is 9.53 Å². The van der Waals surface area contributed by atoms with E-state index >= 15 is 0 Å². The topological polar surface area (TPSA) is 73.2 Å². The standard InChI is InChI=1S/C21H20BrN3O3/c1-14-11-16(12-15-3-9-19(28-2)10-4-15)21(27)25(24-14)13-20(26)23-18-7-5-17(22)6-8-18/h3-11H,12-13H2,1-2H3,(H,23,26). The number of hydrogen-bond acceptors (Lipinski definition) is 4. The molecule has 1 amide bonds. The van der Waals surface area contributed by atoms with E-state index in [1.54, 1.807) is 32.2 Å². The van der Waals surface area contributed by atoms with Gasteiger partial charge in [0.05, 0.1) is 12.8 Å². The monoisotopic (exact) mass is 441 g/mol. The molecule has 2 aromatic carbocycles. The van der Waals surface area contributed by atoms with E-state index in [4.69, 9.17) is 4.74 Å². The van der Waals surface area contributed by atoms with Crippen LogP contribution in [0.15, 0.2) is 63.9 Å². The maximum atomic E-state index is 12.8. The molecule has 0 bridgehead atoms. The van der Waals surface area contributed by atoms with E-state index in [2.05, 4.69) is 26.3 Å². The molecule has 0 saturated carbocycles. The van der Waals surface area contributed by atoms with Crippen LogP contribution in [0.2, 0.25) is 0 Å². The number of benzene rings is 2. The predicted octanol–water partition coefficient (Wildman–Crippen LogP) is 3.55. The molecule has 1 N–H and O–H groups in total. The van der Waals surface area contributed by atoms with E-state index in [-0.39, 0.29) is 18.0 Å². The van der Waals surface area contributed by atoms with Crippen LogP contribution in [0, 0.1) is 6.92 Å². The van der Waals surface area contributed by atoms with Crippen molar-refractivity contribution in [1.29, 1.82) is 0 Å². The molecule has 0 aliphatic rings. The second-order valence-corrected chi connectivity index (χ2v) is 7.27. The Balaban J connectivity index is 1.76. The summed E-state index contributed by atoms with van der Waals surface area (Å²) in [5.41, 5.74) is 2.64. The van der Waals surface area contributed by atoms with Crippen molar-refractivity contribution >= 4 is 27.5 Å². The molecule has 3 aromatic rings. The number of ether oxygens (including phenoxy) is 1. The summed E-state index contributed by atoms with van der Waals surface area (Å²) in [6, 6.07) is 16.5. The number of carbonyl (C=O) groups excluding carboxylic acids is 1. The fourth-order valence-corrected chi connectivity index (χ4v) is 3.08. The first-order valence-electron chi connectivity index (χ1n) is 8.70. The molecule has 0 atom stereocenters. The second-order valence-electron chi connectivity index (χ2n) is 6.35. The van der Waals surface area contributed by atoms with Gasteiger partial charge < -0.3 is 10.1 Å². The van der Waals surface area contributed by atoms with Crippen LogP contribution in [0.3, 0.4) is 0 Å². The number of hydrogen-bond donors (Lipinski definition) is 1. The average molecular weight is 442 g/mol. The number of carbonyl (C=O) groups is 1. The van der Waals surface area contributed by atoms with E-state index in [0.29, 0.717) is 23.4 Å². The van der Waals surface area contributed by atoms with Crippen LogP contribution >= 0.6 is 15.9 Å². The lowest BCUT2D eigenvalue weighted by molar-refractivity contribution is -0.117. The normalized spacial score (nSPS) is 10.5. The number of aromatic nitrogens is 2. The molecule has 28 heavy (non-hydrogen) atoms. The molecular formula is C21H20BrN3O3. The molecule has 0 aliphatic carbocycles. The van der Waals surface area contributed by atoms with E-state index in [1.165, 1.54) is 4.68 Å². The number of nitrogens with one attached hydrogen (secondary N) is 1. The van der Waals surface area contributed by atoms with Gasteiger partial charge in [0.15, 0.2) is 0 Å². The van der Waals surface area contributed by atoms with Crippen molar-refractivity contribution in [2.24, 2.45) is 0 Å². The molecule has 0 unspecified atom stereocenters. The Morgan fingerprint density at radius 1 is 1.14 bits per heavy atom. The number of methoxy groups -OCH3 is 1. The third-order valence-electron chi connectivity index (χ3n) is 4.15. The molecular weight excluding hydrogens is 422 g/mol. The fraction of sp³-hybridized carbons (Fsp3) is 0.190. The van der Waals surface area contributed by atoms with Gasteiger partial charge >= 0.3 is 0 Å². The van der Waals surface area contributed by atoms with Crippen LogP contribution in [0.1, 0.15) is 16.8 Å². The minimum Gasteiger partial charge on any atom is -0.497 e.